The van der Waals surface area contributed by atoms with Crippen molar-refractivity contribution in [3.8, 4) is 0 Å². The van der Waals surface area contributed by atoms with Crippen molar-refractivity contribution >= 4 is 17.6 Å². The quantitative estimate of drug-likeness (QED) is 0.769. The van der Waals surface area contributed by atoms with E-state index in [1.165, 1.54) is 12.1 Å². The lowest BCUT2D eigenvalue weighted by Crippen LogP contribution is -2.14. The van der Waals surface area contributed by atoms with Gasteiger partial charge >= 0.3 is 5.97 Å². The Kier molecular flexibility index (Phi) is 4.09. The zero-order valence-corrected chi connectivity index (χ0v) is 10.9. The van der Waals surface area contributed by atoms with E-state index < -0.39 is 11.9 Å². The van der Waals surface area contributed by atoms with Crippen LogP contribution in [0.3, 0.4) is 0 Å². The summed E-state index contributed by atoms with van der Waals surface area (Å²) >= 11 is 0. The van der Waals surface area contributed by atoms with Crippen LogP contribution in [0.2, 0.25) is 0 Å². The normalized spacial score (nSPS) is 10.2. The highest BCUT2D eigenvalue weighted by atomic mass is 16.4. The summed E-state index contributed by atoms with van der Waals surface area (Å²) in [5.41, 5.74) is 0.487. The average molecular weight is 274 g/mol. The molecule has 7 heteroatoms. The molecule has 0 saturated carbocycles. The molecule has 2 rings (SSSR count). The van der Waals surface area contributed by atoms with E-state index in [9.17, 15) is 9.59 Å². The summed E-state index contributed by atoms with van der Waals surface area (Å²) in [6.07, 6.45) is 1.62. The van der Waals surface area contributed by atoms with Gasteiger partial charge in [0.15, 0.2) is 0 Å². The van der Waals surface area contributed by atoms with Crippen LogP contribution in [0.15, 0.2) is 24.3 Å². The largest absolute Gasteiger partial charge is 0.478 e. The zero-order chi connectivity index (χ0) is 14.5. The number of carboxylic acids is 1. The lowest BCUT2D eigenvalue weighted by molar-refractivity contribution is 0.0696. The summed E-state index contributed by atoms with van der Waals surface area (Å²) in [6.45, 7) is 2.00. The van der Waals surface area contributed by atoms with Crippen molar-refractivity contribution in [2.75, 3.05) is 5.32 Å². The standard InChI is InChI=1S/C13H14N4O3/c1-2-4-10-15-11(17-16-10)12(18)14-9-6-3-5-8(7-9)13(19)20/h3,5-7H,2,4H2,1H3,(H,14,18)(H,19,20)(H,15,16,17). The Bertz CT molecular complexity index is 636. The number of aromatic nitrogens is 3. The predicted molar refractivity (Wildman–Crippen MR) is 71.7 cm³/mol. The monoisotopic (exact) mass is 274 g/mol. The van der Waals surface area contributed by atoms with Crippen LogP contribution in [0.5, 0.6) is 0 Å². The van der Waals surface area contributed by atoms with E-state index in [2.05, 4.69) is 20.5 Å². The molecule has 104 valence electrons. The molecule has 0 unspecified atom stereocenters. The number of anilines is 1. The van der Waals surface area contributed by atoms with E-state index in [1.807, 2.05) is 6.92 Å². The van der Waals surface area contributed by atoms with Crippen LogP contribution in [0, 0.1) is 0 Å². The number of amides is 1. The number of aromatic carboxylic acids is 1. The van der Waals surface area contributed by atoms with Gasteiger partial charge in [0.05, 0.1) is 5.56 Å². The SMILES string of the molecule is CCCc1nc(C(=O)Nc2cccc(C(=O)O)c2)n[nH]1. The molecule has 3 N–H and O–H groups in total. The number of nitrogens with zero attached hydrogens (tertiary/aromatic N) is 2. The lowest BCUT2D eigenvalue weighted by atomic mass is 10.2. The van der Waals surface area contributed by atoms with Crippen molar-refractivity contribution in [3.05, 3.63) is 41.5 Å². The minimum atomic E-state index is -1.05. The molecule has 0 saturated heterocycles. The molecular weight excluding hydrogens is 260 g/mol. The first-order valence-electron chi connectivity index (χ1n) is 6.16. The third-order valence-corrected chi connectivity index (χ3v) is 2.59. The first-order valence-corrected chi connectivity index (χ1v) is 6.16. The van der Waals surface area contributed by atoms with Crippen LogP contribution in [0.25, 0.3) is 0 Å². The number of aryl methyl sites for hydroxylation is 1. The summed E-state index contributed by atoms with van der Waals surface area (Å²) < 4.78 is 0. The van der Waals surface area contributed by atoms with E-state index in [4.69, 9.17) is 5.11 Å². The van der Waals surface area contributed by atoms with Gasteiger partial charge in [-0.2, -0.15) is 0 Å². The predicted octanol–water partition coefficient (Wildman–Crippen LogP) is 1.71. The Labute approximate surface area is 115 Å². The van der Waals surface area contributed by atoms with Gasteiger partial charge in [-0.1, -0.05) is 13.0 Å². The minimum absolute atomic E-state index is 0.0363. The van der Waals surface area contributed by atoms with E-state index in [0.29, 0.717) is 11.5 Å². The molecule has 0 aliphatic rings. The number of rotatable bonds is 5. The number of aromatic amines is 1. The van der Waals surface area contributed by atoms with Gasteiger partial charge < -0.3 is 10.4 Å². The van der Waals surface area contributed by atoms with Gasteiger partial charge in [0.1, 0.15) is 5.82 Å². The molecule has 1 aromatic heterocycles. The molecule has 0 bridgehead atoms. The molecule has 1 amide bonds. The van der Waals surface area contributed by atoms with E-state index in [-0.39, 0.29) is 11.4 Å². The number of carbonyl (C=O) groups is 2. The maximum atomic E-state index is 11.9. The Morgan fingerprint density at radius 2 is 2.20 bits per heavy atom. The maximum Gasteiger partial charge on any atom is 0.335 e. The smallest absolute Gasteiger partial charge is 0.335 e. The highest BCUT2D eigenvalue weighted by Crippen LogP contribution is 2.11. The van der Waals surface area contributed by atoms with Gasteiger partial charge in [0, 0.05) is 12.1 Å². The van der Waals surface area contributed by atoms with Crippen LogP contribution in [0.1, 0.15) is 40.1 Å². The fraction of sp³-hybridized carbons (Fsp3) is 0.231. The van der Waals surface area contributed by atoms with Gasteiger partial charge in [-0.05, 0) is 24.6 Å². The van der Waals surface area contributed by atoms with E-state index in [0.717, 1.165) is 12.8 Å². The van der Waals surface area contributed by atoms with Crippen LogP contribution in [-0.4, -0.2) is 32.2 Å². The highest BCUT2D eigenvalue weighted by Gasteiger charge is 2.13. The number of benzene rings is 1. The van der Waals surface area contributed by atoms with Crippen molar-refractivity contribution in [1.82, 2.24) is 15.2 Å². The van der Waals surface area contributed by atoms with Gasteiger partial charge in [-0.15, -0.1) is 5.10 Å². The van der Waals surface area contributed by atoms with Crippen molar-refractivity contribution in [2.45, 2.75) is 19.8 Å². The number of hydrogen-bond donors (Lipinski definition) is 3. The molecule has 0 atom stereocenters. The summed E-state index contributed by atoms with van der Waals surface area (Å²) in [4.78, 5) is 26.8. The fourth-order valence-electron chi connectivity index (χ4n) is 1.66. The van der Waals surface area contributed by atoms with Crippen LogP contribution >= 0.6 is 0 Å². The molecule has 1 aromatic carbocycles. The number of H-pyrrole nitrogens is 1. The Balaban J connectivity index is 2.10. The third-order valence-electron chi connectivity index (χ3n) is 2.59. The van der Waals surface area contributed by atoms with Crippen LogP contribution in [0.4, 0.5) is 5.69 Å². The number of hydrogen-bond acceptors (Lipinski definition) is 4. The molecule has 0 aliphatic carbocycles. The van der Waals surface area contributed by atoms with Crippen LogP contribution in [-0.2, 0) is 6.42 Å². The molecular formula is C13H14N4O3. The summed E-state index contributed by atoms with van der Waals surface area (Å²) in [5.74, 6) is -0.846. The molecule has 20 heavy (non-hydrogen) atoms. The Hall–Kier alpha value is -2.70. The Morgan fingerprint density at radius 1 is 1.40 bits per heavy atom. The topological polar surface area (TPSA) is 108 Å². The zero-order valence-electron chi connectivity index (χ0n) is 10.9. The average Bonchev–Trinajstić information content (AvgIpc) is 2.88. The summed E-state index contributed by atoms with van der Waals surface area (Å²) in [5, 5.41) is 18.0. The van der Waals surface area contributed by atoms with Crippen molar-refractivity contribution in [1.29, 1.82) is 0 Å². The summed E-state index contributed by atoms with van der Waals surface area (Å²) in [7, 11) is 0. The first kappa shape index (κ1) is 13.7. The molecule has 1 heterocycles. The second-order valence-electron chi connectivity index (χ2n) is 4.20. The lowest BCUT2D eigenvalue weighted by Gasteiger charge is -2.03. The van der Waals surface area contributed by atoms with Crippen LogP contribution < -0.4 is 5.32 Å². The van der Waals surface area contributed by atoms with E-state index >= 15 is 0 Å². The van der Waals surface area contributed by atoms with Gasteiger partial charge in [0.25, 0.3) is 5.91 Å². The molecule has 0 aliphatic heterocycles. The maximum absolute atomic E-state index is 11.9. The Morgan fingerprint density at radius 3 is 2.90 bits per heavy atom. The second kappa shape index (κ2) is 5.96. The van der Waals surface area contributed by atoms with Gasteiger partial charge in [0.2, 0.25) is 5.82 Å². The van der Waals surface area contributed by atoms with Crippen molar-refractivity contribution < 1.29 is 14.7 Å². The number of carbonyl (C=O) groups excluding carboxylic acids is 1. The molecule has 7 nitrogen and oxygen atoms in total. The van der Waals surface area contributed by atoms with Gasteiger partial charge in [-0.3, -0.25) is 9.89 Å². The molecule has 2 aromatic rings. The second-order valence-corrected chi connectivity index (χ2v) is 4.20. The minimum Gasteiger partial charge on any atom is -0.478 e. The summed E-state index contributed by atoms with van der Waals surface area (Å²) in [6, 6.07) is 5.98. The van der Waals surface area contributed by atoms with E-state index in [1.54, 1.807) is 12.1 Å². The first-order chi connectivity index (χ1) is 9.60. The molecule has 0 radical (unpaired) electrons. The highest BCUT2D eigenvalue weighted by molar-refractivity contribution is 6.02. The molecule has 0 spiro atoms. The number of nitrogens with one attached hydrogen (secondary N) is 2. The van der Waals surface area contributed by atoms with Crippen molar-refractivity contribution in [3.63, 3.8) is 0 Å². The van der Waals surface area contributed by atoms with Crippen molar-refractivity contribution in [2.24, 2.45) is 0 Å². The number of carboxylic acid groups (broad SMARTS) is 1. The fourth-order valence-corrected chi connectivity index (χ4v) is 1.66. The third kappa shape index (κ3) is 3.19. The molecule has 0 fully saturated rings. The van der Waals surface area contributed by atoms with Gasteiger partial charge in [-0.25, -0.2) is 9.78 Å².